The first kappa shape index (κ1) is 24.8. The number of nitrogens with zero attached hydrogens (tertiary/aromatic N) is 2. The maximum Gasteiger partial charge on any atom is 0.272 e. The van der Waals surface area contributed by atoms with Crippen LogP contribution in [0.3, 0.4) is 0 Å². The van der Waals surface area contributed by atoms with Gasteiger partial charge in [-0.15, -0.1) is 0 Å². The first-order valence-electron chi connectivity index (χ1n) is 12.6. The standard InChI is InChI=1S/C30H28F3N3O/c1-19(21-9-3-2-4-10-21)34-30(37)28-25-13-6-5-11-22(16-20-8-7-12-23(31)17-20)29(25)36(35-28)27-15-14-24(32)18-26(27)33/h2-4,7-10,12,14-15,17-19,22H,5-6,11,13,16H2,1H3,(H,34,37)/t19-,22?/m1/s1. The highest BCUT2D eigenvalue weighted by Gasteiger charge is 2.31. The first-order chi connectivity index (χ1) is 17.9. The molecular formula is C30H28F3N3O. The molecule has 1 heterocycles. The quantitative estimate of drug-likeness (QED) is 0.293. The third-order valence-corrected chi connectivity index (χ3v) is 7.01. The largest absolute Gasteiger partial charge is 0.344 e. The van der Waals surface area contributed by atoms with Gasteiger partial charge in [0.2, 0.25) is 0 Å². The Labute approximate surface area is 214 Å². The van der Waals surface area contributed by atoms with Crippen LogP contribution in [0.5, 0.6) is 0 Å². The van der Waals surface area contributed by atoms with Gasteiger partial charge < -0.3 is 5.32 Å². The minimum atomic E-state index is -0.760. The van der Waals surface area contributed by atoms with Crippen molar-refractivity contribution in [3.05, 3.63) is 118 Å². The number of rotatable bonds is 6. The number of hydrogen-bond acceptors (Lipinski definition) is 2. The molecule has 0 spiro atoms. The van der Waals surface area contributed by atoms with E-state index < -0.39 is 11.6 Å². The van der Waals surface area contributed by atoms with Gasteiger partial charge in [0, 0.05) is 17.5 Å². The van der Waals surface area contributed by atoms with Crippen molar-refractivity contribution >= 4 is 5.91 Å². The number of nitrogens with one attached hydrogen (secondary N) is 1. The summed E-state index contributed by atoms with van der Waals surface area (Å²) < 4.78 is 44.2. The van der Waals surface area contributed by atoms with Crippen LogP contribution in [0.25, 0.3) is 5.69 Å². The van der Waals surface area contributed by atoms with Gasteiger partial charge in [0.1, 0.15) is 17.3 Å². The Morgan fingerprint density at radius 1 is 1.00 bits per heavy atom. The highest BCUT2D eigenvalue weighted by atomic mass is 19.1. The summed E-state index contributed by atoms with van der Waals surface area (Å²) in [5.41, 5.74) is 3.58. The van der Waals surface area contributed by atoms with Crippen LogP contribution in [0.2, 0.25) is 0 Å². The molecule has 4 aromatic rings. The Hall–Kier alpha value is -3.87. The van der Waals surface area contributed by atoms with E-state index in [0.29, 0.717) is 12.8 Å². The number of hydrogen-bond donors (Lipinski definition) is 1. The molecule has 1 aromatic heterocycles. The SMILES string of the molecule is C[C@@H](NC(=O)c1nn(-c2ccc(F)cc2F)c2c1CCCCC2Cc1cccc(F)c1)c1ccccc1. The number of amides is 1. The van der Waals surface area contributed by atoms with Crippen molar-refractivity contribution in [2.45, 2.75) is 51.0 Å². The van der Waals surface area contributed by atoms with Gasteiger partial charge in [-0.25, -0.2) is 17.9 Å². The summed E-state index contributed by atoms with van der Waals surface area (Å²) in [6.45, 7) is 1.90. The van der Waals surface area contributed by atoms with Crippen molar-refractivity contribution in [2.75, 3.05) is 0 Å². The van der Waals surface area contributed by atoms with Crippen molar-refractivity contribution in [3.8, 4) is 5.69 Å². The highest BCUT2D eigenvalue weighted by Crippen LogP contribution is 2.37. The van der Waals surface area contributed by atoms with E-state index in [1.807, 2.05) is 43.3 Å². The molecule has 2 atom stereocenters. The molecule has 0 saturated heterocycles. The zero-order valence-corrected chi connectivity index (χ0v) is 20.6. The van der Waals surface area contributed by atoms with Crippen LogP contribution >= 0.6 is 0 Å². The molecule has 1 N–H and O–H groups in total. The molecule has 0 bridgehead atoms. The molecule has 1 aliphatic rings. The molecule has 7 heteroatoms. The van der Waals surface area contributed by atoms with Crippen LogP contribution in [0.4, 0.5) is 13.2 Å². The zero-order chi connectivity index (χ0) is 25.9. The summed E-state index contributed by atoms with van der Waals surface area (Å²) in [5.74, 6) is -2.24. The molecule has 0 saturated carbocycles. The maximum absolute atomic E-state index is 15.0. The second kappa shape index (κ2) is 10.6. The van der Waals surface area contributed by atoms with E-state index in [4.69, 9.17) is 0 Å². The van der Waals surface area contributed by atoms with Crippen molar-refractivity contribution in [1.82, 2.24) is 15.1 Å². The van der Waals surface area contributed by atoms with E-state index in [0.717, 1.165) is 47.7 Å². The van der Waals surface area contributed by atoms with Crippen LogP contribution in [-0.2, 0) is 12.8 Å². The lowest BCUT2D eigenvalue weighted by molar-refractivity contribution is 0.0933. The minimum Gasteiger partial charge on any atom is -0.344 e. The maximum atomic E-state index is 15.0. The lowest BCUT2D eigenvalue weighted by Crippen LogP contribution is -2.28. The number of carbonyl (C=O) groups is 1. The van der Waals surface area contributed by atoms with Gasteiger partial charge in [-0.05, 0) is 68.0 Å². The van der Waals surface area contributed by atoms with Crippen LogP contribution in [0, 0.1) is 17.5 Å². The smallest absolute Gasteiger partial charge is 0.272 e. The zero-order valence-electron chi connectivity index (χ0n) is 20.6. The Morgan fingerprint density at radius 2 is 1.78 bits per heavy atom. The van der Waals surface area contributed by atoms with E-state index in [1.54, 1.807) is 6.07 Å². The monoisotopic (exact) mass is 503 g/mol. The van der Waals surface area contributed by atoms with E-state index in [-0.39, 0.29) is 35.1 Å². The van der Waals surface area contributed by atoms with E-state index in [1.165, 1.54) is 28.9 Å². The van der Waals surface area contributed by atoms with E-state index in [9.17, 15) is 13.6 Å². The van der Waals surface area contributed by atoms with Gasteiger partial charge in [-0.2, -0.15) is 5.10 Å². The molecular weight excluding hydrogens is 475 g/mol. The summed E-state index contributed by atoms with van der Waals surface area (Å²) >= 11 is 0. The predicted molar refractivity (Wildman–Crippen MR) is 136 cm³/mol. The van der Waals surface area contributed by atoms with Gasteiger partial charge in [0.05, 0.1) is 11.7 Å². The van der Waals surface area contributed by atoms with Crippen molar-refractivity contribution in [1.29, 1.82) is 0 Å². The molecule has 37 heavy (non-hydrogen) atoms. The molecule has 0 radical (unpaired) electrons. The van der Waals surface area contributed by atoms with Crippen LogP contribution in [-0.4, -0.2) is 15.7 Å². The Bertz CT molecular complexity index is 1420. The second-order valence-electron chi connectivity index (χ2n) is 9.60. The summed E-state index contributed by atoms with van der Waals surface area (Å²) in [4.78, 5) is 13.5. The second-order valence-corrected chi connectivity index (χ2v) is 9.60. The lowest BCUT2D eigenvalue weighted by Gasteiger charge is -2.19. The first-order valence-corrected chi connectivity index (χ1v) is 12.6. The molecule has 0 aliphatic heterocycles. The molecule has 3 aromatic carbocycles. The summed E-state index contributed by atoms with van der Waals surface area (Å²) in [5, 5.41) is 7.64. The minimum absolute atomic E-state index is 0.0824. The van der Waals surface area contributed by atoms with Gasteiger partial charge in [0.15, 0.2) is 11.5 Å². The predicted octanol–water partition coefficient (Wildman–Crippen LogP) is 6.83. The van der Waals surface area contributed by atoms with E-state index in [2.05, 4.69) is 10.4 Å². The van der Waals surface area contributed by atoms with Gasteiger partial charge in [0.25, 0.3) is 5.91 Å². The molecule has 1 aliphatic carbocycles. The Kier molecular flexibility index (Phi) is 7.12. The fourth-order valence-electron chi connectivity index (χ4n) is 5.21. The molecule has 190 valence electrons. The van der Waals surface area contributed by atoms with Gasteiger partial charge in [-0.3, -0.25) is 4.79 Å². The van der Waals surface area contributed by atoms with Crippen LogP contribution < -0.4 is 5.32 Å². The average molecular weight is 504 g/mol. The summed E-state index contributed by atoms with van der Waals surface area (Å²) in [6.07, 6.45) is 3.65. The number of benzene rings is 3. The molecule has 4 nitrogen and oxygen atoms in total. The molecule has 5 rings (SSSR count). The fourth-order valence-corrected chi connectivity index (χ4v) is 5.21. The molecule has 0 fully saturated rings. The highest BCUT2D eigenvalue weighted by molar-refractivity contribution is 5.94. The third-order valence-electron chi connectivity index (χ3n) is 7.01. The third kappa shape index (κ3) is 5.31. The fraction of sp³-hybridized carbons (Fsp3) is 0.267. The number of halogens is 3. The van der Waals surface area contributed by atoms with Crippen LogP contribution in [0.1, 0.15) is 71.0 Å². The number of fused-ring (bicyclic) bond motifs is 1. The number of carbonyl (C=O) groups excluding carboxylic acids is 1. The Balaban J connectivity index is 1.59. The molecule has 1 unspecified atom stereocenters. The number of aromatic nitrogens is 2. The molecule has 1 amide bonds. The van der Waals surface area contributed by atoms with Crippen LogP contribution in [0.15, 0.2) is 72.8 Å². The van der Waals surface area contributed by atoms with Crippen molar-refractivity contribution < 1.29 is 18.0 Å². The topological polar surface area (TPSA) is 46.9 Å². The normalized spacial score (nSPS) is 16.1. The lowest BCUT2D eigenvalue weighted by atomic mass is 9.90. The van der Waals surface area contributed by atoms with Crippen molar-refractivity contribution in [3.63, 3.8) is 0 Å². The Morgan fingerprint density at radius 3 is 2.54 bits per heavy atom. The van der Waals surface area contributed by atoms with Gasteiger partial charge in [-0.1, -0.05) is 48.9 Å². The van der Waals surface area contributed by atoms with Gasteiger partial charge >= 0.3 is 0 Å². The van der Waals surface area contributed by atoms with E-state index >= 15 is 4.39 Å². The summed E-state index contributed by atoms with van der Waals surface area (Å²) in [7, 11) is 0. The van der Waals surface area contributed by atoms with Crippen molar-refractivity contribution in [2.24, 2.45) is 0 Å². The summed E-state index contributed by atoms with van der Waals surface area (Å²) in [6, 6.07) is 19.1. The average Bonchev–Trinajstić information content (AvgIpc) is 3.13.